The SMILES string of the molecule is COc1cc(Nc2cc(C)nc(NC3CCC(O)CC3)n2)cc(OC)c1OC. The topological polar surface area (TPSA) is 97.8 Å². The van der Waals surface area contributed by atoms with Crippen LogP contribution in [0.4, 0.5) is 17.5 Å². The van der Waals surface area contributed by atoms with Crippen LogP contribution in [0.15, 0.2) is 18.2 Å². The molecule has 1 aliphatic rings. The molecule has 1 saturated carbocycles. The Bertz CT molecular complexity index is 782. The zero-order chi connectivity index (χ0) is 20.1. The van der Waals surface area contributed by atoms with Crippen molar-refractivity contribution in [2.24, 2.45) is 0 Å². The number of hydrogen-bond acceptors (Lipinski definition) is 8. The van der Waals surface area contributed by atoms with Gasteiger partial charge in [0.15, 0.2) is 11.5 Å². The molecule has 1 fully saturated rings. The normalized spacial score (nSPS) is 19.0. The van der Waals surface area contributed by atoms with E-state index in [1.54, 1.807) is 21.3 Å². The van der Waals surface area contributed by atoms with Crippen molar-refractivity contribution in [1.29, 1.82) is 0 Å². The molecule has 3 rings (SSSR count). The molecule has 1 aromatic carbocycles. The molecule has 0 radical (unpaired) electrons. The second kappa shape index (κ2) is 8.97. The fourth-order valence-electron chi connectivity index (χ4n) is 3.40. The van der Waals surface area contributed by atoms with Gasteiger partial charge in [-0.2, -0.15) is 4.98 Å². The Morgan fingerprint density at radius 3 is 2.14 bits per heavy atom. The van der Waals surface area contributed by atoms with E-state index in [2.05, 4.69) is 20.6 Å². The van der Waals surface area contributed by atoms with E-state index in [-0.39, 0.29) is 12.1 Å². The van der Waals surface area contributed by atoms with Crippen LogP contribution in [0, 0.1) is 6.92 Å². The van der Waals surface area contributed by atoms with Gasteiger partial charge in [0.1, 0.15) is 5.82 Å². The molecule has 0 amide bonds. The molecule has 0 unspecified atom stereocenters. The van der Waals surface area contributed by atoms with Crippen LogP contribution in [0.2, 0.25) is 0 Å². The van der Waals surface area contributed by atoms with E-state index in [9.17, 15) is 5.11 Å². The van der Waals surface area contributed by atoms with Gasteiger partial charge < -0.3 is 30.0 Å². The maximum absolute atomic E-state index is 9.67. The van der Waals surface area contributed by atoms with Gasteiger partial charge in [0, 0.05) is 35.6 Å². The number of rotatable bonds is 7. The van der Waals surface area contributed by atoms with E-state index in [0.29, 0.717) is 29.0 Å². The first-order chi connectivity index (χ1) is 13.5. The van der Waals surface area contributed by atoms with Gasteiger partial charge in [0.25, 0.3) is 0 Å². The molecule has 0 saturated heterocycles. The Morgan fingerprint density at radius 2 is 1.57 bits per heavy atom. The van der Waals surface area contributed by atoms with Crippen LogP contribution in [0.1, 0.15) is 31.4 Å². The molecule has 1 aliphatic carbocycles. The minimum atomic E-state index is -0.186. The highest BCUT2D eigenvalue weighted by Gasteiger charge is 2.20. The van der Waals surface area contributed by atoms with Crippen LogP contribution < -0.4 is 24.8 Å². The predicted molar refractivity (Wildman–Crippen MR) is 108 cm³/mol. The number of anilines is 3. The molecule has 1 aromatic heterocycles. The van der Waals surface area contributed by atoms with Crippen LogP contribution >= 0.6 is 0 Å². The zero-order valence-electron chi connectivity index (χ0n) is 16.8. The largest absolute Gasteiger partial charge is 0.493 e. The highest BCUT2D eigenvalue weighted by Crippen LogP contribution is 2.40. The molecule has 0 bridgehead atoms. The first-order valence-corrected chi connectivity index (χ1v) is 9.39. The van der Waals surface area contributed by atoms with E-state index in [1.165, 1.54) is 0 Å². The van der Waals surface area contributed by atoms with E-state index in [0.717, 1.165) is 37.1 Å². The van der Waals surface area contributed by atoms with Gasteiger partial charge >= 0.3 is 0 Å². The summed E-state index contributed by atoms with van der Waals surface area (Å²) in [4.78, 5) is 9.08. The lowest BCUT2D eigenvalue weighted by atomic mass is 9.93. The van der Waals surface area contributed by atoms with Gasteiger partial charge in [-0.3, -0.25) is 0 Å². The lowest BCUT2D eigenvalue weighted by Gasteiger charge is -2.26. The van der Waals surface area contributed by atoms with Crippen molar-refractivity contribution in [3.8, 4) is 17.2 Å². The summed E-state index contributed by atoms with van der Waals surface area (Å²) in [6, 6.07) is 5.81. The third-order valence-corrected chi connectivity index (χ3v) is 4.82. The number of ether oxygens (including phenoxy) is 3. The summed E-state index contributed by atoms with van der Waals surface area (Å²) < 4.78 is 16.2. The van der Waals surface area contributed by atoms with Gasteiger partial charge in [-0.15, -0.1) is 0 Å². The molecular formula is C20H28N4O4. The molecule has 152 valence electrons. The first kappa shape index (κ1) is 20.0. The second-order valence-electron chi connectivity index (χ2n) is 6.91. The maximum atomic E-state index is 9.67. The molecular weight excluding hydrogens is 360 g/mol. The van der Waals surface area contributed by atoms with Crippen LogP contribution in [0.5, 0.6) is 17.2 Å². The Kier molecular flexibility index (Phi) is 6.41. The zero-order valence-corrected chi connectivity index (χ0v) is 16.8. The highest BCUT2D eigenvalue weighted by atomic mass is 16.5. The first-order valence-electron chi connectivity index (χ1n) is 9.39. The summed E-state index contributed by atoms with van der Waals surface area (Å²) in [6.07, 6.45) is 3.25. The summed E-state index contributed by atoms with van der Waals surface area (Å²) >= 11 is 0. The Balaban J connectivity index is 1.80. The van der Waals surface area contributed by atoms with Crippen molar-refractivity contribution < 1.29 is 19.3 Å². The van der Waals surface area contributed by atoms with Crippen LogP contribution in [0.25, 0.3) is 0 Å². The number of aliphatic hydroxyl groups excluding tert-OH is 1. The standard InChI is InChI=1S/C20H28N4O4/c1-12-9-18(24-20(21-12)23-13-5-7-15(25)8-6-13)22-14-10-16(26-2)19(28-4)17(11-14)27-3/h9-11,13,15,25H,5-8H2,1-4H3,(H2,21,22,23,24). The highest BCUT2D eigenvalue weighted by molar-refractivity contribution is 5.67. The molecule has 1 heterocycles. The van der Waals surface area contributed by atoms with E-state index < -0.39 is 0 Å². The number of aliphatic hydroxyl groups is 1. The molecule has 28 heavy (non-hydrogen) atoms. The third kappa shape index (κ3) is 4.75. The molecule has 0 atom stereocenters. The monoisotopic (exact) mass is 388 g/mol. The fraction of sp³-hybridized carbons (Fsp3) is 0.500. The average molecular weight is 388 g/mol. The van der Waals surface area contributed by atoms with E-state index in [1.807, 2.05) is 25.1 Å². The number of benzene rings is 1. The molecule has 0 spiro atoms. The van der Waals surface area contributed by atoms with Gasteiger partial charge in [0.05, 0.1) is 27.4 Å². The molecule has 3 N–H and O–H groups in total. The van der Waals surface area contributed by atoms with Crippen molar-refractivity contribution in [2.75, 3.05) is 32.0 Å². The summed E-state index contributed by atoms with van der Waals surface area (Å²) in [5, 5.41) is 16.3. The Hall–Kier alpha value is -2.74. The molecule has 0 aliphatic heterocycles. The Morgan fingerprint density at radius 1 is 0.929 bits per heavy atom. The lowest BCUT2D eigenvalue weighted by Crippen LogP contribution is -2.29. The predicted octanol–water partition coefficient (Wildman–Crippen LogP) is 3.27. The summed E-state index contributed by atoms with van der Waals surface area (Å²) in [6.45, 7) is 1.93. The smallest absolute Gasteiger partial charge is 0.225 e. The van der Waals surface area contributed by atoms with Gasteiger partial charge in [-0.25, -0.2) is 4.98 Å². The van der Waals surface area contributed by atoms with Crippen molar-refractivity contribution in [3.05, 3.63) is 23.9 Å². The quantitative estimate of drug-likeness (QED) is 0.665. The van der Waals surface area contributed by atoms with Gasteiger partial charge in [-0.1, -0.05) is 0 Å². The van der Waals surface area contributed by atoms with Crippen molar-refractivity contribution in [1.82, 2.24) is 9.97 Å². The number of nitrogens with zero attached hydrogens (tertiary/aromatic N) is 2. The summed E-state index contributed by atoms with van der Waals surface area (Å²) in [5.41, 5.74) is 1.61. The van der Waals surface area contributed by atoms with Gasteiger partial charge in [-0.05, 0) is 32.6 Å². The van der Waals surface area contributed by atoms with Crippen LogP contribution in [-0.2, 0) is 0 Å². The number of hydrogen-bond donors (Lipinski definition) is 3. The van der Waals surface area contributed by atoms with Crippen molar-refractivity contribution in [2.45, 2.75) is 44.8 Å². The summed E-state index contributed by atoms with van der Waals surface area (Å²) in [7, 11) is 4.74. The summed E-state index contributed by atoms with van der Waals surface area (Å²) in [5.74, 6) is 2.91. The number of nitrogens with one attached hydrogen (secondary N) is 2. The lowest BCUT2D eigenvalue weighted by molar-refractivity contribution is 0.126. The fourth-order valence-corrected chi connectivity index (χ4v) is 3.40. The number of aryl methyl sites for hydroxylation is 1. The minimum Gasteiger partial charge on any atom is -0.493 e. The number of aromatic nitrogens is 2. The molecule has 2 aromatic rings. The van der Waals surface area contributed by atoms with E-state index >= 15 is 0 Å². The number of methoxy groups -OCH3 is 3. The molecule has 8 nitrogen and oxygen atoms in total. The van der Waals surface area contributed by atoms with Crippen LogP contribution in [0.3, 0.4) is 0 Å². The van der Waals surface area contributed by atoms with Crippen molar-refractivity contribution in [3.63, 3.8) is 0 Å². The van der Waals surface area contributed by atoms with Crippen molar-refractivity contribution >= 4 is 17.5 Å². The average Bonchev–Trinajstić information content (AvgIpc) is 2.68. The third-order valence-electron chi connectivity index (χ3n) is 4.82. The molecule has 8 heteroatoms. The van der Waals surface area contributed by atoms with Crippen LogP contribution in [-0.4, -0.2) is 48.5 Å². The minimum absolute atomic E-state index is 0.186. The second-order valence-corrected chi connectivity index (χ2v) is 6.91. The van der Waals surface area contributed by atoms with E-state index in [4.69, 9.17) is 14.2 Å². The van der Waals surface area contributed by atoms with Gasteiger partial charge in [0.2, 0.25) is 11.7 Å². The maximum Gasteiger partial charge on any atom is 0.225 e. The Labute approximate surface area is 165 Å².